The maximum atomic E-state index is 12.9. The van der Waals surface area contributed by atoms with Crippen LogP contribution in [0.1, 0.15) is 0 Å². The Morgan fingerprint density at radius 1 is 1.19 bits per heavy atom. The summed E-state index contributed by atoms with van der Waals surface area (Å²) in [5, 5.41) is 7.38. The molecule has 0 saturated carbocycles. The SMILES string of the molecule is FCCn1cc(-c2ccc(F)c(F)c2)nn1. The molecule has 0 unspecified atom stereocenters. The minimum atomic E-state index is -0.947. The summed E-state index contributed by atoms with van der Waals surface area (Å²) >= 11 is 0. The van der Waals surface area contributed by atoms with E-state index in [1.807, 2.05) is 0 Å². The number of halogens is 3. The third-order valence-corrected chi connectivity index (χ3v) is 2.07. The normalized spacial score (nSPS) is 10.7. The summed E-state index contributed by atoms with van der Waals surface area (Å²) in [5.41, 5.74) is 0.788. The third-order valence-electron chi connectivity index (χ3n) is 2.07. The summed E-state index contributed by atoms with van der Waals surface area (Å²) in [5.74, 6) is -1.86. The van der Waals surface area contributed by atoms with E-state index in [-0.39, 0.29) is 6.54 Å². The van der Waals surface area contributed by atoms with Crippen molar-refractivity contribution < 1.29 is 13.2 Å². The number of hydrogen-bond acceptors (Lipinski definition) is 2. The Bertz CT molecular complexity index is 496. The van der Waals surface area contributed by atoms with Crippen molar-refractivity contribution >= 4 is 0 Å². The lowest BCUT2D eigenvalue weighted by Crippen LogP contribution is -1.99. The summed E-state index contributed by atoms with van der Waals surface area (Å²) in [6.07, 6.45) is 1.48. The average Bonchev–Trinajstić information content (AvgIpc) is 2.71. The van der Waals surface area contributed by atoms with E-state index in [9.17, 15) is 13.2 Å². The number of benzene rings is 1. The molecule has 0 saturated heterocycles. The molecule has 2 rings (SSSR count). The van der Waals surface area contributed by atoms with Gasteiger partial charge in [-0.15, -0.1) is 5.10 Å². The van der Waals surface area contributed by atoms with Crippen LogP contribution in [0.4, 0.5) is 13.2 Å². The van der Waals surface area contributed by atoms with Gasteiger partial charge in [-0.05, 0) is 18.2 Å². The van der Waals surface area contributed by atoms with E-state index in [0.717, 1.165) is 12.1 Å². The summed E-state index contributed by atoms with van der Waals surface area (Å²) in [6.45, 7) is -0.461. The van der Waals surface area contributed by atoms with Crippen molar-refractivity contribution in [2.45, 2.75) is 6.54 Å². The zero-order valence-corrected chi connectivity index (χ0v) is 8.20. The van der Waals surface area contributed by atoms with Gasteiger partial charge in [0.05, 0.1) is 12.7 Å². The molecule has 3 nitrogen and oxygen atoms in total. The van der Waals surface area contributed by atoms with Crippen LogP contribution >= 0.6 is 0 Å². The second kappa shape index (κ2) is 4.34. The van der Waals surface area contributed by atoms with E-state index in [1.165, 1.54) is 16.9 Å². The maximum absolute atomic E-state index is 12.9. The summed E-state index contributed by atoms with van der Waals surface area (Å²) in [7, 11) is 0. The molecule has 84 valence electrons. The van der Waals surface area contributed by atoms with Crippen molar-refractivity contribution in [2.75, 3.05) is 6.67 Å². The van der Waals surface area contributed by atoms with E-state index in [4.69, 9.17) is 0 Å². The Kier molecular flexibility index (Phi) is 2.89. The average molecular weight is 227 g/mol. The smallest absolute Gasteiger partial charge is 0.159 e. The van der Waals surface area contributed by atoms with Gasteiger partial charge >= 0.3 is 0 Å². The largest absolute Gasteiger partial charge is 0.249 e. The second-order valence-corrected chi connectivity index (χ2v) is 3.18. The van der Waals surface area contributed by atoms with E-state index >= 15 is 0 Å². The predicted octanol–water partition coefficient (Wildman–Crippen LogP) is 2.19. The lowest BCUT2D eigenvalue weighted by Gasteiger charge is -1.96. The summed E-state index contributed by atoms with van der Waals surface area (Å²) < 4.78 is 38.9. The monoisotopic (exact) mass is 227 g/mol. The van der Waals surface area contributed by atoms with Crippen molar-refractivity contribution in [1.29, 1.82) is 0 Å². The highest BCUT2D eigenvalue weighted by atomic mass is 19.2. The summed E-state index contributed by atoms with van der Waals surface area (Å²) in [6, 6.07) is 3.43. The van der Waals surface area contributed by atoms with Crippen molar-refractivity contribution in [3.05, 3.63) is 36.0 Å². The Morgan fingerprint density at radius 2 is 2.00 bits per heavy atom. The first-order valence-electron chi connectivity index (χ1n) is 4.62. The highest BCUT2D eigenvalue weighted by molar-refractivity contribution is 5.57. The lowest BCUT2D eigenvalue weighted by atomic mass is 10.1. The van der Waals surface area contributed by atoms with Crippen LogP contribution in [0.2, 0.25) is 0 Å². The maximum Gasteiger partial charge on any atom is 0.159 e. The molecule has 6 heteroatoms. The van der Waals surface area contributed by atoms with Gasteiger partial charge in [0.2, 0.25) is 0 Å². The van der Waals surface area contributed by atoms with Crippen LogP contribution in [0.15, 0.2) is 24.4 Å². The first-order chi connectivity index (χ1) is 7.70. The zero-order valence-electron chi connectivity index (χ0n) is 8.20. The van der Waals surface area contributed by atoms with E-state index in [2.05, 4.69) is 10.3 Å². The van der Waals surface area contributed by atoms with Gasteiger partial charge in [0, 0.05) is 5.56 Å². The zero-order chi connectivity index (χ0) is 11.5. The van der Waals surface area contributed by atoms with Gasteiger partial charge in [-0.3, -0.25) is 0 Å². The first-order valence-corrected chi connectivity index (χ1v) is 4.62. The second-order valence-electron chi connectivity index (χ2n) is 3.18. The molecule has 1 aromatic heterocycles. The number of rotatable bonds is 3. The quantitative estimate of drug-likeness (QED) is 0.804. The van der Waals surface area contributed by atoms with Gasteiger partial charge in [-0.25, -0.2) is 17.9 Å². The molecule has 0 spiro atoms. The van der Waals surface area contributed by atoms with Crippen molar-refractivity contribution in [3.8, 4) is 11.3 Å². The Balaban J connectivity index is 2.31. The summed E-state index contributed by atoms with van der Waals surface area (Å²) in [4.78, 5) is 0. The molecule has 0 bridgehead atoms. The number of hydrogen-bond donors (Lipinski definition) is 0. The standard InChI is InChI=1S/C10H8F3N3/c11-3-4-16-6-10(14-15-16)7-1-2-8(12)9(13)5-7/h1-2,5-6H,3-4H2. The molecule has 0 atom stereocenters. The molecule has 0 aliphatic rings. The van der Waals surface area contributed by atoms with E-state index in [1.54, 1.807) is 0 Å². The Hall–Kier alpha value is -1.85. The minimum Gasteiger partial charge on any atom is -0.249 e. The molecule has 0 aliphatic heterocycles. The fourth-order valence-electron chi connectivity index (χ4n) is 1.28. The van der Waals surface area contributed by atoms with Crippen LogP contribution in [0.5, 0.6) is 0 Å². The number of aryl methyl sites for hydroxylation is 1. The topological polar surface area (TPSA) is 30.7 Å². The molecule has 0 radical (unpaired) electrons. The van der Waals surface area contributed by atoms with Crippen LogP contribution in [0.3, 0.4) is 0 Å². The number of aromatic nitrogens is 3. The van der Waals surface area contributed by atoms with Gasteiger partial charge in [-0.1, -0.05) is 5.21 Å². The van der Waals surface area contributed by atoms with E-state index in [0.29, 0.717) is 11.3 Å². The van der Waals surface area contributed by atoms with Crippen LogP contribution in [-0.2, 0) is 6.54 Å². The number of alkyl halides is 1. The first kappa shape index (κ1) is 10.7. The molecule has 0 aliphatic carbocycles. The van der Waals surface area contributed by atoms with Gasteiger partial charge in [-0.2, -0.15) is 0 Å². The lowest BCUT2D eigenvalue weighted by molar-refractivity contribution is 0.422. The van der Waals surface area contributed by atoms with Crippen molar-refractivity contribution in [1.82, 2.24) is 15.0 Å². The highest BCUT2D eigenvalue weighted by Gasteiger charge is 2.07. The van der Waals surface area contributed by atoms with Gasteiger partial charge in [0.15, 0.2) is 11.6 Å². The molecule has 16 heavy (non-hydrogen) atoms. The Labute approximate surface area is 89.5 Å². The highest BCUT2D eigenvalue weighted by Crippen LogP contribution is 2.18. The van der Waals surface area contributed by atoms with E-state index < -0.39 is 18.3 Å². The molecule has 0 fully saturated rings. The molecular weight excluding hydrogens is 219 g/mol. The fraction of sp³-hybridized carbons (Fsp3) is 0.200. The van der Waals surface area contributed by atoms with Crippen LogP contribution in [0.25, 0.3) is 11.3 Å². The number of nitrogens with zero attached hydrogens (tertiary/aromatic N) is 3. The molecule has 0 amide bonds. The van der Waals surface area contributed by atoms with Gasteiger partial charge in [0.1, 0.15) is 12.4 Å². The van der Waals surface area contributed by atoms with Crippen LogP contribution < -0.4 is 0 Å². The van der Waals surface area contributed by atoms with Crippen molar-refractivity contribution in [3.63, 3.8) is 0 Å². The minimum absolute atomic E-state index is 0.0939. The molecular formula is C10H8F3N3. The predicted molar refractivity (Wildman–Crippen MR) is 51.3 cm³/mol. The van der Waals surface area contributed by atoms with Crippen LogP contribution in [0, 0.1) is 11.6 Å². The third kappa shape index (κ3) is 2.05. The van der Waals surface area contributed by atoms with Gasteiger partial charge < -0.3 is 0 Å². The molecule has 2 aromatic rings. The molecule has 1 aromatic carbocycles. The molecule has 0 N–H and O–H groups in total. The Morgan fingerprint density at radius 3 is 2.69 bits per heavy atom. The molecule has 1 heterocycles. The fourth-order valence-corrected chi connectivity index (χ4v) is 1.28. The van der Waals surface area contributed by atoms with Gasteiger partial charge in [0.25, 0.3) is 0 Å². The van der Waals surface area contributed by atoms with Crippen molar-refractivity contribution in [2.24, 2.45) is 0 Å². The van der Waals surface area contributed by atoms with Crippen LogP contribution in [-0.4, -0.2) is 21.7 Å².